The summed E-state index contributed by atoms with van der Waals surface area (Å²) in [6.45, 7) is 27.9. The summed E-state index contributed by atoms with van der Waals surface area (Å²) in [5.74, 6) is 0. The predicted molar refractivity (Wildman–Crippen MR) is 286 cm³/mol. The van der Waals surface area contributed by atoms with Crippen LogP contribution in [0.4, 0.5) is 34.1 Å². The largest absolute Gasteiger partial charge is 0.464 e. The Morgan fingerprint density at radius 2 is 0.791 bits per heavy atom. The SMILES string of the molecule is CC(C)(C)c1ccc(N2c3ccc(C(C)(C)C)cc3B3c4cc(C(C)(C)C)ccc4N(c4cc(-c5coc6ccccc56)cc(-c5coc6ccccc56)c4)c4cc(C(C)(C)C)cc2c43)cc1. The van der Waals surface area contributed by atoms with Crippen LogP contribution in [0.1, 0.15) is 105 Å². The van der Waals surface area contributed by atoms with Gasteiger partial charge >= 0.3 is 0 Å². The first kappa shape index (κ1) is 42.9. The summed E-state index contributed by atoms with van der Waals surface area (Å²) >= 11 is 0. The third kappa shape index (κ3) is 7.12. The van der Waals surface area contributed by atoms with Gasteiger partial charge in [0.05, 0.1) is 12.5 Å². The fourth-order valence-electron chi connectivity index (χ4n) is 10.5. The number of para-hydroxylation sites is 2. The first-order chi connectivity index (χ1) is 31.7. The fraction of sp³-hybridized carbons (Fsp3) is 0.258. The average Bonchev–Trinajstić information content (AvgIpc) is 3.92. The molecule has 2 aromatic heterocycles. The number of hydrogen-bond donors (Lipinski definition) is 0. The van der Waals surface area contributed by atoms with Crippen LogP contribution in [0, 0.1) is 0 Å². The van der Waals surface area contributed by atoms with Crippen LogP contribution in [0.15, 0.2) is 161 Å². The molecule has 0 radical (unpaired) electrons. The van der Waals surface area contributed by atoms with Crippen molar-refractivity contribution in [3.63, 3.8) is 0 Å². The molecule has 0 amide bonds. The zero-order chi connectivity index (χ0) is 46.9. The lowest BCUT2D eigenvalue weighted by atomic mass is 9.33. The van der Waals surface area contributed by atoms with Gasteiger partial charge in [-0.15, -0.1) is 0 Å². The third-order valence-corrected chi connectivity index (χ3v) is 14.4. The van der Waals surface area contributed by atoms with Crippen LogP contribution >= 0.6 is 0 Å². The second kappa shape index (κ2) is 14.9. The highest BCUT2D eigenvalue weighted by Crippen LogP contribution is 2.49. The molecule has 334 valence electrons. The summed E-state index contributed by atoms with van der Waals surface area (Å²) in [7, 11) is 0. The van der Waals surface area contributed by atoms with E-state index in [0.29, 0.717) is 0 Å². The van der Waals surface area contributed by atoms with E-state index in [0.717, 1.165) is 55.6 Å². The van der Waals surface area contributed by atoms with Crippen molar-refractivity contribution in [1.29, 1.82) is 0 Å². The molecule has 0 atom stereocenters. The van der Waals surface area contributed by atoms with Crippen molar-refractivity contribution in [2.75, 3.05) is 9.80 Å². The Bertz CT molecular complexity index is 3320. The van der Waals surface area contributed by atoms with Gasteiger partial charge in [-0.3, -0.25) is 0 Å². The van der Waals surface area contributed by atoms with Gasteiger partial charge in [0, 0.05) is 56.0 Å². The molecule has 7 aromatic carbocycles. The molecule has 2 aliphatic heterocycles. The van der Waals surface area contributed by atoms with E-state index in [-0.39, 0.29) is 28.4 Å². The molecular weight excluding hydrogens is 816 g/mol. The quantitative estimate of drug-likeness (QED) is 0.165. The Morgan fingerprint density at radius 3 is 1.24 bits per heavy atom. The first-order valence-corrected chi connectivity index (χ1v) is 24.0. The van der Waals surface area contributed by atoms with Crippen molar-refractivity contribution in [1.82, 2.24) is 0 Å². The standard InChI is InChI=1S/C62H61BN2O2/c1-59(2,3)40-21-25-44(26-22-40)64-52-27-23-41(60(4,5)6)32-50(52)63-51-33-42(61(7,8)9)24-28-53(51)65(55-35-43(62(10,11)12)34-54(64)58(55)63)45-30-38(48-36-66-56-19-15-13-17-46(48)56)29-39(31-45)49-37-67-57-20-16-14-18-47(49)57/h13-37H,1-12H3. The minimum atomic E-state index is -0.153. The topological polar surface area (TPSA) is 32.8 Å². The Balaban J connectivity index is 1.26. The van der Waals surface area contributed by atoms with Crippen molar-refractivity contribution < 1.29 is 8.83 Å². The number of benzene rings is 7. The second-order valence-electron chi connectivity index (χ2n) is 23.2. The molecule has 4 heterocycles. The molecule has 0 bridgehead atoms. The van der Waals surface area contributed by atoms with E-state index in [2.05, 4.69) is 220 Å². The first-order valence-electron chi connectivity index (χ1n) is 24.0. The molecule has 0 unspecified atom stereocenters. The van der Waals surface area contributed by atoms with E-state index in [1.165, 1.54) is 61.4 Å². The summed E-state index contributed by atoms with van der Waals surface area (Å²) < 4.78 is 12.5. The van der Waals surface area contributed by atoms with Gasteiger partial charge < -0.3 is 18.6 Å². The van der Waals surface area contributed by atoms with Gasteiger partial charge in [0.15, 0.2) is 0 Å². The van der Waals surface area contributed by atoms with Crippen LogP contribution in [-0.4, -0.2) is 6.71 Å². The molecule has 0 fully saturated rings. The van der Waals surface area contributed by atoms with E-state index < -0.39 is 0 Å². The summed E-state index contributed by atoms with van der Waals surface area (Å²) in [5.41, 5.74) is 22.1. The predicted octanol–water partition coefficient (Wildman–Crippen LogP) is 15.8. The monoisotopic (exact) mass is 876 g/mol. The lowest BCUT2D eigenvalue weighted by Gasteiger charge is -2.46. The van der Waals surface area contributed by atoms with Crippen LogP contribution in [0.3, 0.4) is 0 Å². The number of furan rings is 2. The Kier molecular flexibility index (Phi) is 9.53. The molecule has 0 saturated heterocycles. The van der Waals surface area contributed by atoms with Crippen LogP contribution in [0.25, 0.3) is 44.2 Å². The van der Waals surface area contributed by atoms with Gasteiger partial charge in [-0.2, -0.15) is 0 Å². The van der Waals surface area contributed by atoms with E-state index in [1.807, 2.05) is 24.7 Å². The third-order valence-electron chi connectivity index (χ3n) is 14.4. The van der Waals surface area contributed by atoms with Gasteiger partial charge in [0.1, 0.15) is 11.2 Å². The highest BCUT2D eigenvalue weighted by atomic mass is 16.3. The van der Waals surface area contributed by atoms with Crippen molar-refractivity contribution in [3.05, 3.63) is 174 Å². The lowest BCUT2D eigenvalue weighted by Crippen LogP contribution is -2.61. The van der Waals surface area contributed by atoms with Gasteiger partial charge in [0.2, 0.25) is 0 Å². The molecule has 0 spiro atoms. The van der Waals surface area contributed by atoms with Crippen LogP contribution in [-0.2, 0) is 21.7 Å². The number of hydrogen-bond acceptors (Lipinski definition) is 4. The van der Waals surface area contributed by atoms with E-state index in [9.17, 15) is 0 Å². The average molecular weight is 877 g/mol. The molecule has 2 aliphatic rings. The van der Waals surface area contributed by atoms with Crippen LogP contribution in [0.2, 0.25) is 0 Å². The summed E-state index contributed by atoms with van der Waals surface area (Å²) in [5, 5.41) is 2.17. The van der Waals surface area contributed by atoms with E-state index in [4.69, 9.17) is 8.83 Å². The molecule has 67 heavy (non-hydrogen) atoms. The summed E-state index contributed by atoms with van der Waals surface area (Å²) in [4.78, 5) is 5.13. The maximum absolute atomic E-state index is 6.26. The van der Waals surface area contributed by atoms with Crippen molar-refractivity contribution in [2.45, 2.75) is 105 Å². The van der Waals surface area contributed by atoms with Crippen molar-refractivity contribution >= 4 is 79.2 Å². The van der Waals surface area contributed by atoms with Crippen LogP contribution in [0.5, 0.6) is 0 Å². The maximum atomic E-state index is 6.26. The lowest BCUT2D eigenvalue weighted by molar-refractivity contribution is 0.589. The van der Waals surface area contributed by atoms with Crippen molar-refractivity contribution in [3.8, 4) is 22.3 Å². The number of rotatable bonds is 4. The molecule has 0 aliphatic carbocycles. The van der Waals surface area contributed by atoms with Gasteiger partial charge in [-0.05, 0) is 138 Å². The highest BCUT2D eigenvalue weighted by molar-refractivity contribution is 7.00. The molecule has 5 heteroatoms. The fourth-order valence-corrected chi connectivity index (χ4v) is 10.5. The van der Waals surface area contributed by atoms with Gasteiger partial charge in [-0.25, -0.2) is 0 Å². The zero-order valence-electron chi connectivity index (χ0n) is 41.2. The Labute approximate surface area is 397 Å². The summed E-state index contributed by atoms with van der Waals surface area (Å²) in [6.07, 6.45) is 3.84. The minimum Gasteiger partial charge on any atom is -0.464 e. The number of nitrogens with zero attached hydrogens (tertiary/aromatic N) is 2. The maximum Gasteiger partial charge on any atom is 0.252 e. The van der Waals surface area contributed by atoms with Crippen molar-refractivity contribution in [2.24, 2.45) is 0 Å². The molecule has 4 nitrogen and oxygen atoms in total. The van der Waals surface area contributed by atoms with E-state index in [1.54, 1.807) is 0 Å². The van der Waals surface area contributed by atoms with E-state index >= 15 is 0 Å². The normalized spacial score (nSPS) is 13.9. The minimum absolute atomic E-state index is 0.0201. The number of anilines is 6. The molecular formula is C62H61BN2O2. The highest BCUT2D eigenvalue weighted by Gasteiger charge is 2.45. The molecule has 0 saturated carbocycles. The zero-order valence-corrected chi connectivity index (χ0v) is 41.2. The number of fused-ring (bicyclic) bond motifs is 6. The molecule has 11 rings (SSSR count). The molecule has 0 N–H and O–H groups in total. The van der Waals surface area contributed by atoms with Gasteiger partial charge in [0.25, 0.3) is 6.71 Å². The Morgan fingerprint density at radius 1 is 0.373 bits per heavy atom. The summed E-state index contributed by atoms with van der Waals surface area (Å²) in [6, 6.07) is 52.7. The smallest absolute Gasteiger partial charge is 0.252 e. The second-order valence-corrected chi connectivity index (χ2v) is 23.2. The van der Waals surface area contributed by atoms with Crippen LogP contribution < -0.4 is 26.2 Å². The Hall–Kier alpha value is -6.72. The molecule has 9 aromatic rings. The van der Waals surface area contributed by atoms with Gasteiger partial charge in [-0.1, -0.05) is 156 Å².